The van der Waals surface area contributed by atoms with Crippen LogP contribution < -0.4 is 5.32 Å². The maximum atomic E-state index is 15.3. The molecule has 5 rings (SSSR count). The Morgan fingerprint density at radius 2 is 1.88 bits per heavy atom. The molecular formula is C24H23FN8. The van der Waals surface area contributed by atoms with E-state index in [4.69, 9.17) is 0 Å². The molecule has 0 fully saturated rings. The molecule has 8 nitrogen and oxygen atoms in total. The molecule has 166 valence electrons. The van der Waals surface area contributed by atoms with Gasteiger partial charge in [-0.05, 0) is 30.5 Å². The van der Waals surface area contributed by atoms with Gasteiger partial charge >= 0.3 is 0 Å². The van der Waals surface area contributed by atoms with E-state index in [1.807, 2.05) is 31.3 Å². The molecule has 0 aliphatic rings. The lowest BCUT2D eigenvalue weighted by Crippen LogP contribution is -2.09. The van der Waals surface area contributed by atoms with E-state index >= 15 is 4.39 Å². The van der Waals surface area contributed by atoms with Gasteiger partial charge in [0.05, 0.1) is 11.9 Å². The Balaban J connectivity index is 1.47. The highest BCUT2D eigenvalue weighted by Gasteiger charge is 2.20. The molecular weight excluding hydrogens is 419 g/mol. The van der Waals surface area contributed by atoms with Crippen LogP contribution in [0.15, 0.2) is 67.0 Å². The van der Waals surface area contributed by atoms with Crippen molar-refractivity contribution in [2.24, 2.45) is 7.05 Å². The molecule has 4 heterocycles. The highest BCUT2D eigenvalue weighted by molar-refractivity contribution is 5.65. The monoisotopic (exact) mass is 442 g/mol. The molecule has 0 amide bonds. The van der Waals surface area contributed by atoms with E-state index in [-0.39, 0.29) is 5.92 Å². The van der Waals surface area contributed by atoms with Crippen molar-refractivity contribution >= 4 is 17.4 Å². The van der Waals surface area contributed by atoms with Crippen molar-refractivity contribution in [1.29, 1.82) is 0 Å². The number of hydrogen-bond donors (Lipinski definition) is 1. The van der Waals surface area contributed by atoms with Crippen LogP contribution in [0.3, 0.4) is 0 Å². The van der Waals surface area contributed by atoms with Gasteiger partial charge in [-0.3, -0.25) is 9.08 Å². The lowest BCUT2D eigenvalue weighted by molar-refractivity contribution is 0.532. The Morgan fingerprint density at radius 1 is 1.03 bits per heavy atom. The number of nitrogens with zero attached hydrogens (tertiary/aromatic N) is 7. The molecule has 0 spiro atoms. The van der Waals surface area contributed by atoms with Gasteiger partial charge in [0.25, 0.3) is 0 Å². The number of nitrogens with one attached hydrogen (secondary N) is 1. The van der Waals surface area contributed by atoms with Crippen molar-refractivity contribution in [3.8, 4) is 11.3 Å². The third kappa shape index (κ3) is 4.17. The second kappa shape index (κ2) is 8.78. The highest BCUT2D eigenvalue weighted by atomic mass is 19.1. The number of halogens is 1. The minimum atomic E-state index is -0.422. The molecule has 4 aromatic heterocycles. The average molecular weight is 443 g/mol. The van der Waals surface area contributed by atoms with E-state index in [1.54, 1.807) is 29.2 Å². The second-order valence-electron chi connectivity index (χ2n) is 7.84. The molecule has 0 bridgehead atoms. The summed E-state index contributed by atoms with van der Waals surface area (Å²) in [4.78, 5) is 8.79. The quantitative estimate of drug-likeness (QED) is 0.373. The van der Waals surface area contributed by atoms with Crippen molar-refractivity contribution in [3.05, 3.63) is 84.3 Å². The number of fused-ring (bicyclic) bond motifs is 1. The number of anilines is 2. The fourth-order valence-electron chi connectivity index (χ4n) is 3.91. The molecule has 1 aromatic carbocycles. The first kappa shape index (κ1) is 20.7. The van der Waals surface area contributed by atoms with Crippen molar-refractivity contribution < 1.29 is 4.39 Å². The molecule has 1 unspecified atom stereocenters. The summed E-state index contributed by atoms with van der Waals surface area (Å²) < 4.78 is 18.5. The third-order valence-corrected chi connectivity index (χ3v) is 5.68. The van der Waals surface area contributed by atoms with Gasteiger partial charge in [-0.25, -0.2) is 9.97 Å². The molecule has 1 atom stereocenters. The Morgan fingerprint density at radius 3 is 2.64 bits per heavy atom. The number of benzene rings is 1. The Bertz CT molecular complexity index is 1390. The molecule has 0 saturated heterocycles. The van der Waals surface area contributed by atoms with Crippen molar-refractivity contribution in [2.45, 2.75) is 25.7 Å². The van der Waals surface area contributed by atoms with Crippen LogP contribution in [-0.2, 0) is 13.5 Å². The fraction of sp³-hybridized carbons (Fsp3) is 0.208. The number of aromatic nitrogens is 7. The topological polar surface area (TPSA) is 85.8 Å². The smallest absolute Gasteiger partial charge is 0.228 e. The van der Waals surface area contributed by atoms with E-state index in [2.05, 4.69) is 49.6 Å². The number of rotatable bonds is 7. The molecule has 0 aliphatic heterocycles. The second-order valence-corrected chi connectivity index (χ2v) is 7.84. The van der Waals surface area contributed by atoms with E-state index < -0.39 is 5.95 Å². The van der Waals surface area contributed by atoms with E-state index in [9.17, 15) is 0 Å². The standard InChI is InChI=1S/C24H23FN8/c1-3-17(13-16-7-5-4-6-8-16)23-31-30-22-15-18(14-20(25)33(22)23)19-9-11-26-24(28-19)29-21-10-12-27-32(21)2/h4-12,14-15,17H,3,13H2,1-2H3,(H,26,28,29). The van der Waals surface area contributed by atoms with Crippen LogP contribution in [0.25, 0.3) is 16.9 Å². The third-order valence-electron chi connectivity index (χ3n) is 5.68. The molecule has 1 N–H and O–H groups in total. The lowest BCUT2D eigenvalue weighted by atomic mass is 9.96. The van der Waals surface area contributed by atoms with E-state index in [1.165, 1.54) is 16.0 Å². The van der Waals surface area contributed by atoms with E-state index in [0.717, 1.165) is 18.7 Å². The summed E-state index contributed by atoms with van der Waals surface area (Å²) in [7, 11) is 1.82. The van der Waals surface area contributed by atoms with Crippen LogP contribution in [0.4, 0.5) is 16.2 Å². The zero-order valence-corrected chi connectivity index (χ0v) is 18.4. The lowest BCUT2D eigenvalue weighted by Gasteiger charge is -2.14. The molecule has 0 saturated carbocycles. The normalized spacial score (nSPS) is 12.2. The summed E-state index contributed by atoms with van der Waals surface area (Å²) in [6.45, 7) is 2.08. The van der Waals surface area contributed by atoms with Gasteiger partial charge < -0.3 is 5.32 Å². The summed E-state index contributed by atoms with van der Waals surface area (Å²) >= 11 is 0. The molecule has 0 aliphatic carbocycles. The Kier molecular flexibility index (Phi) is 5.52. The number of aryl methyl sites for hydroxylation is 1. The molecule has 9 heteroatoms. The minimum absolute atomic E-state index is 0.0523. The fourth-order valence-corrected chi connectivity index (χ4v) is 3.91. The zero-order chi connectivity index (χ0) is 22.8. The largest absolute Gasteiger partial charge is 0.309 e. The van der Waals surface area contributed by atoms with Gasteiger partial charge in [0.1, 0.15) is 11.6 Å². The van der Waals surface area contributed by atoms with Gasteiger partial charge in [-0.1, -0.05) is 37.3 Å². The van der Waals surface area contributed by atoms with Crippen LogP contribution in [0.1, 0.15) is 30.7 Å². The number of pyridine rings is 1. The summed E-state index contributed by atoms with van der Waals surface area (Å²) in [5.74, 6) is 1.40. The summed E-state index contributed by atoms with van der Waals surface area (Å²) in [5, 5.41) is 15.9. The van der Waals surface area contributed by atoms with Gasteiger partial charge in [-0.15, -0.1) is 10.2 Å². The molecule has 0 radical (unpaired) electrons. The van der Waals surface area contributed by atoms with Crippen LogP contribution in [0.2, 0.25) is 0 Å². The van der Waals surface area contributed by atoms with Crippen molar-refractivity contribution in [2.75, 3.05) is 5.32 Å². The predicted molar refractivity (Wildman–Crippen MR) is 124 cm³/mol. The predicted octanol–water partition coefficient (Wildman–Crippen LogP) is 4.54. The SMILES string of the molecule is CCC(Cc1ccccc1)c1nnc2cc(-c3ccnc(Nc4ccnn4C)n3)cc(F)n12. The first-order chi connectivity index (χ1) is 16.1. The van der Waals surface area contributed by atoms with Crippen LogP contribution in [-0.4, -0.2) is 34.3 Å². The molecule has 5 aromatic rings. The maximum Gasteiger partial charge on any atom is 0.228 e. The minimum Gasteiger partial charge on any atom is -0.309 e. The van der Waals surface area contributed by atoms with E-state index in [0.29, 0.717) is 28.7 Å². The Hall–Kier alpha value is -4.14. The molecule has 33 heavy (non-hydrogen) atoms. The van der Waals surface area contributed by atoms with Crippen molar-refractivity contribution in [1.82, 2.24) is 34.3 Å². The van der Waals surface area contributed by atoms with Gasteiger partial charge in [0, 0.05) is 36.9 Å². The maximum absolute atomic E-state index is 15.3. The zero-order valence-electron chi connectivity index (χ0n) is 18.4. The Labute approximate surface area is 190 Å². The van der Waals surface area contributed by atoms with Gasteiger partial charge in [0.2, 0.25) is 11.9 Å². The van der Waals surface area contributed by atoms with Gasteiger partial charge in [0.15, 0.2) is 5.65 Å². The first-order valence-corrected chi connectivity index (χ1v) is 10.8. The highest BCUT2D eigenvalue weighted by Crippen LogP contribution is 2.27. The summed E-state index contributed by atoms with van der Waals surface area (Å²) in [5.41, 5.74) is 2.82. The van der Waals surface area contributed by atoms with Crippen LogP contribution in [0, 0.1) is 5.95 Å². The van der Waals surface area contributed by atoms with Crippen molar-refractivity contribution in [3.63, 3.8) is 0 Å². The number of hydrogen-bond acceptors (Lipinski definition) is 6. The summed E-state index contributed by atoms with van der Waals surface area (Å²) in [6, 6.07) is 17.0. The average Bonchev–Trinajstić information content (AvgIpc) is 3.45. The first-order valence-electron chi connectivity index (χ1n) is 10.8. The van der Waals surface area contributed by atoms with Crippen LogP contribution >= 0.6 is 0 Å². The van der Waals surface area contributed by atoms with Gasteiger partial charge in [-0.2, -0.15) is 9.49 Å². The van der Waals surface area contributed by atoms with Crippen LogP contribution in [0.5, 0.6) is 0 Å². The summed E-state index contributed by atoms with van der Waals surface area (Å²) in [6.07, 6.45) is 4.91.